The second kappa shape index (κ2) is 5.96. The largest absolute Gasteiger partial charge is 0.306 e. The third kappa shape index (κ3) is 2.78. The predicted octanol–water partition coefficient (Wildman–Crippen LogP) is 2.20. The third-order valence-electron chi connectivity index (χ3n) is 3.92. The molecule has 1 aromatic carbocycles. The van der Waals surface area contributed by atoms with E-state index < -0.39 is 27.9 Å². The Kier molecular flexibility index (Phi) is 4.08. The summed E-state index contributed by atoms with van der Waals surface area (Å²) in [6.45, 7) is 5.05. The number of anilines is 1. The molecule has 0 atom stereocenters. The maximum absolute atomic E-state index is 12.6. The van der Waals surface area contributed by atoms with Crippen molar-refractivity contribution in [3.63, 3.8) is 0 Å². The number of pyridine rings is 1. The monoisotopic (exact) mass is 359 g/mol. The number of aromatic nitrogens is 1. The van der Waals surface area contributed by atoms with Crippen molar-refractivity contribution in [2.24, 2.45) is 0 Å². The summed E-state index contributed by atoms with van der Waals surface area (Å²) >= 11 is 0. The molecule has 0 aliphatic carbocycles. The first kappa shape index (κ1) is 17.1. The van der Waals surface area contributed by atoms with Crippen molar-refractivity contribution in [1.82, 2.24) is 9.29 Å². The quantitative estimate of drug-likeness (QED) is 0.906. The van der Waals surface area contributed by atoms with E-state index in [0.717, 1.165) is 9.87 Å². The van der Waals surface area contributed by atoms with E-state index in [2.05, 4.69) is 10.3 Å². The Labute approximate surface area is 145 Å². The number of benzene rings is 1. The summed E-state index contributed by atoms with van der Waals surface area (Å²) in [5.41, 5.74) is 1.01. The zero-order valence-corrected chi connectivity index (χ0v) is 14.8. The fourth-order valence-corrected chi connectivity index (χ4v) is 4.49. The summed E-state index contributed by atoms with van der Waals surface area (Å²) in [5.74, 6) is -0.663. The van der Waals surface area contributed by atoms with Crippen molar-refractivity contribution >= 4 is 27.7 Å². The van der Waals surface area contributed by atoms with Gasteiger partial charge in [-0.05, 0) is 50.6 Å². The van der Waals surface area contributed by atoms with E-state index in [4.69, 9.17) is 0 Å². The molecule has 130 valence electrons. The molecule has 0 bridgehead atoms. The Hall–Kier alpha value is -2.74. The van der Waals surface area contributed by atoms with Gasteiger partial charge in [-0.1, -0.05) is 6.07 Å². The molecular weight excluding hydrogens is 342 g/mol. The predicted molar refractivity (Wildman–Crippen MR) is 91.9 cm³/mol. The SMILES string of the molecule is Cc1cccnc1NC(=O)c1ccc2c(c1)S(=O)(=O)N(C(C)C)C2=O. The highest BCUT2D eigenvalue weighted by molar-refractivity contribution is 7.90. The summed E-state index contributed by atoms with van der Waals surface area (Å²) in [6.07, 6.45) is 1.55. The van der Waals surface area contributed by atoms with Gasteiger partial charge < -0.3 is 5.32 Å². The maximum Gasteiger partial charge on any atom is 0.269 e. The minimum atomic E-state index is -3.94. The fourth-order valence-electron chi connectivity index (χ4n) is 2.70. The highest BCUT2D eigenvalue weighted by Crippen LogP contribution is 2.32. The van der Waals surface area contributed by atoms with Gasteiger partial charge in [0.1, 0.15) is 10.7 Å². The summed E-state index contributed by atoms with van der Waals surface area (Å²) in [5, 5.41) is 2.65. The first-order valence-corrected chi connectivity index (χ1v) is 9.13. The average Bonchev–Trinajstić information content (AvgIpc) is 2.75. The molecule has 1 aromatic heterocycles. The molecule has 0 fully saturated rings. The number of nitrogens with one attached hydrogen (secondary N) is 1. The van der Waals surface area contributed by atoms with Crippen LogP contribution < -0.4 is 5.32 Å². The molecule has 0 saturated heterocycles. The lowest BCUT2D eigenvalue weighted by molar-refractivity contribution is 0.0846. The van der Waals surface area contributed by atoms with Crippen LogP contribution in [0.25, 0.3) is 0 Å². The number of aryl methyl sites for hydroxylation is 1. The molecule has 2 aromatic rings. The van der Waals surface area contributed by atoms with E-state index in [-0.39, 0.29) is 16.0 Å². The fraction of sp³-hybridized carbons (Fsp3) is 0.235. The van der Waals surface area contributed by atoms with Crippen LogP contribution in [0, 0.1) is 6.92 Å². The van der Waals surface area contributed by atoms with Crippen molar-refractivity contribution in [3.8, 4) is 0 Å². The molecule has 1 aliphatic rings. The van der Waals surface area contributed by atoms with E-state index in [1.807, 2.05) is 0 Å². The molecule has 2 heterocycles. The molecule has 3 rings (SSSR count). The van der Waals surface area contributed by atoms with Crippen LogP contribution in [0.3, 0.4) is 0 Å². The standard InChI is InChI=1S/C17H17N3O4S/c1-10(2)20-17(22)13-7-6-12(9-14(13)25(20,23)24)16(21)19-15-11(3)5-4-8-18-15/h4-10H,1-3H3,(H,18,19,21). The molecule has 0 spiro atoms. The normalized spacial score (nSPS) is 15.4. The van der Waals surface area contributed by atoms with Gasteiger partial charge in [0.25, 0.3) is 21.8 Å². The number of carbonyl (C=O) groups excluding carboxylic acids is 2. The van der Waals surface area contributed by atoms with Gasteiger partial charge in [-0.15, -0.1) is 0 Å². The second-order valence-corrected chi connectivity index (χ2v) is 7.82. The van der Waals surface area contributed by atoms with Crippen molar-refractivity contribution in [2.75, 3.05) is 5.32 Å². The summed E-state index contributed by atoms with van der Waals surface area (Å²) in [6, 6.07) is 7.09. The highest BCUT2D eigenvalue weighted by atomic mass is 32.2. The topological polar surface area (TPSA) is 96.4 Å². The van der Waals surface area contributed by atoms with Crippen LogP contribution in [0.5, 0.6) is 0 Å². The minimum absolute atomic E-state index is 0.0827. The van der Waals surface area contributed by atoms with Crippen LogP contribution in [-0.4, -0.2) is 35.6 Å². The van der Waals surface area contributed by atoms with Crippen LogP contribution in [-0.2, 0) is 10.0 Å². The van der Waals surface area contributed by atoms with Crippen molar-refractivity contribution < 1.29 is 18.0 Å². The molecule has 8 heteroatoms. The maximum atomic E-state index is 12.6. The number of amides is 2. The van der Waals surface area contributed by atoms with Gasteiger partial charge in [0, 0.05) is 17.8 Å². The molecular formula is C17H17N3O4S. The molecule has 25 heavy (non-hydrogen) atoms. The van der Waals surface area contributed by atoms with Crippen LogP contribution in [0.15, 0.2) is 41.4 Å². The summed E-state index contributed by atoms with van der Waals surface area (Å²) in [4.78, 5) is 28.7. The van der Waals surface area contributed by atoms with Crippen LogP contribution in [0.1, 0.15) is 40.1 Å². The molecule has 1 N–H and O–H groups in total. The lowest BCUT2D eigenvalue weighted by Gasteiger charge is -2.18. The van der Waals surface area contributed by atoms with Crippen LogP contribution >= 0.6 is 0 Å². The number of nitrogens with zero attached hydrogens (tertiary/aromatic N) is 2. The van der Waals surface area contributed by atoms with Crippen LogP contribution in [0.4, 0.5) is 5.82 Å². The van der Waals surface area contributed by atoms with Crippen molar-refractivity contribution in [2.45, 2.75) is 31.7 Å². The van der Waals surface area contributed by atoms with Crippen LogP contribution in [0.2, 0.25) is 0 Å². The van der Waals surface area contributed by atoms with Gasteiger partial charge in [-0.2, -0.15) is 0 Å². The Balaban J connectivity index is 1.98. The Morgan fingerprint density at radius 3 is 2.60 bits per heavy atom. The first-order chi connectivity index (χ1) is 11.7. The van der Waals surface area contributed by atoms with E-state index in [9.17, 15) is 18.0 Å². The van der Waals surface area contributed by atoms with Gasteiger partial charge in [-0.3, -0.25) is 9.59 Å². The average molecular weight is 359 g/mol. The third-order valence-corrected chi connectivity index (χ3v) is 5.92. The number of carbonyl (C=O) groups is 2. The Morgan fingerprint density at radius 2 is 1.96 bits per heavy atom. The molecule has 7 nitrogen and oxygen atoms in total. The van der Waals surface area contributed by atoms with Gasteiger partial charge >= 0.3 is 0 Å². The lowest BCUT2D eigenvalue weighted by atomic mass is 10.1. The van der Waals surface area contributed by atoms with E-state index in [1.165, 1.54) is 18.2 Å². The number of hydrogen-bond donors (Lipinski definition) is 1. The van der Waals surface area contributed by atoms with Gasteiger partial charge in [0.2, 0.25) is 0 Å². The molecule has 1 aliphatic heterocycles. The van der Waals surface area contributed by atoms with Crippen molar-refractivity contribution in [1.29, 1.82) is 0 Å². The zero-order valence-electron chi connectivity index (χ0n) is 14.0. The first-order valence-electron chi connectivity index (χ1n) is 7.69. The number of rotatable bonds is 3. The molecule has 0 radical (unpaired) electrons. The number of fused-ring (bicyclic) bond motifs is 1. The molecule has 0 saturated carbocycles. The molecule has 2 amide bonds. The summed E-state index contributed by atoms with van der Waals surface area (Å²) in [7, 11) is -3.94. The molecule has 0 unspecified atom stereocenters. The lowest BCUT2D eigenvalue weighted by Crippen LogP contribution is -2.36. The minimum Gasteiger partial charge on any atom is -0.306 e. The zero-order chi connectivity index (χ0) is 18.4. The number of sulfonamides is 1. The Bertz CT molecular complexity index is 983. The summed E-state index contributed by atoms with van der Waals surface area (Å²) < 4.78 is 26.0. The van der Waals surface area contributed by atoms with E-state index in [1.54, 1.807) is 39.1 Å². The van der Waals surface area contributed by atoms with Gasteiger partial charge in [0.05, 0.1) is 5.56 Å². The number of hydrogen-bond acceptors (Lipinski definition) is 5. The smallest absolute Gasteiger partial charge is 0.269 e. The Morgan fingerprint density at radius 1 is 1.24 bits per heavy atom. The van der Waals surface area contributed by atoms with Gasteiger partial charge in [0.15, 0.2) is 0 Å². The highest BCUT2D eigenvalue weighted by Gasteiger charge is 2.42. The van der Waals surface area contributed by atoms with Crippen molar-refractivity contribution in [3.05, 3.63) is 53.2 Å². The van der Waals surface area contributed by atoms with E-state index >= 15 is 0 Å². The second-order valence-electron chi connectivity index (χ2n) is 6.03. The van der Waals surface area contributed by atoms with Gasteiger partial charge in [-0.25, -0.2) is 17.7 Å². The van der Waals surface area contributed by atoms with E-state index in [0.29, 0.717) is 5.82 Å².